The van der Waals surface area contributed by atoms with Gasteiger partial charge in [0.15, 0.2) is 0 Å². The molecule has 0 aliphatic carbocycles. The third kappa shape index (κ3) is 3.13. The maximum Gasteiger partial charge on any atom is 0.0489 e. The molecule has 0 bridgehead atoms. The standard InChI is InChI=1S/C13H17Cl2N/c1-10-6-7-16(9-13(10)15)8-11-2-4-12(14)5-3-11/h2-5,10,13H,6-9H2,1H3. The van der Waals surface area contributed by atoms with Crippen LogP contribution in [0.3, 0.4) is 0 Å². The van der Waals surface area contributed by atoms with E-state index in [0.29, 0.717) is 11.3 Å². The lowest BCUT2D eigenvalue weighted by atomic mass is 9.98. The van der Waals surface area contributed by atoms with E-state index in [-0.39, 0.29) is 0 Å². The fraction of sp³-hybridized carbons (Fsp3) is 0.538. The summed E-state index contributed by atoms with van der Waals surface area (Å²) in [4.78, 5) is 2.42. The van der Waals surface area contributed by atoms with Crippen LogP contribution in [-0.4, -0.2) is 23.4 Å². The zero-order valence-corrected chi connectivity index (χ0v) is 11.0. The first-order chi connectivity index (χ1) is 7.65. The van der Waals surface area contributed by atoms with Crippen LogP contribution in [0.2, 0.25) is 5.02 Å². The van der Waals surface area contributed by atoms with Gasteiger partial charge in [0, 0.05) is 23.5 Å². The molecule has 0 radical (unpaired) electrons. The van der Waals surface area contributed by atoms with Crippen molar-refractivity contribution in [3.63, 3.8) is 0 Å². The number of rotatable bonds is 2. The van der Waals surface area contributed by atoms with E-state index in [1.54, 1.807) is 0 Å². The molecule has 0 saturated carbocycles. The molecule has 1 heterocycles. The molecule has 88 valence electrons. The highest BCUT2D eigenvalue weighted by molar-refractivity contribution is 6.30. The summed E-state index contributed by atoms with van der Waals surface area (Å²) in [6, 6.07) is 8.07. The predicted molar refractivity (Wildman–Crippen MR) is 70.2 cm³/mol. The molecule has 0 N–H and O–H groups in total. The Morgan fingerprint density at radius 2 is 2.00 bits per heavy atom. The molecule has 1 saturated heterocycles. The Morgan fingerprint density at radius 3 is 2.62 bits per heavy atom. The van der Waals surface area contributed by atoms with Crippen molar-refractivity contribution in [2.75, 3.05) is 13.1 Å². The highest BCUT2D eigenvalue weighted by Crippen LogP contribution is 2.23. The summed E-state index contributed by atoms with van der Waals surface area (Å²) in [5.74, 6) is 0.642. The lowest BCUT2D eigenvalue weighted by Gasteiger charge is -2.33. The Hall–Kier alpha value is -0.240. The third-order valence-electron chi connectivity index (χ3n) is 3.27. The zero-order valence-electron chi connectivity index (χ0n) is 9.50. The number of hydrogen-bond acceptors (Lipinski definition) is 1. The highest BCUT2D eigenvalue weighted by Gasteiger charge is 2.23. The summed E-state index contributed by atoms with van der Waals surface area (Å²) in [6.07, 6.45) is 1.20. The predicted octanol–water partition coefficient (Wildman–Crippen LogP) is 3.79. The van der Waals surface area contributed by atoms with Crippen LogP contribution in [0.4, 0.5) is 0 Å². The van der Waals surface area contributed by atoms with Gasteiger partial charge < -0.3 is 0 Å². The van der Waals surface area contributed by atoms with Crippen LogP contribution < -0.4 is 0 Å². The molecular weight excluding hydrogens is 241 g/mol. The quantitative estimate of drug-likeness (QED) is 0.729. The van der Waals surface area contributed by atoms with Crippen LogP contribution >= 0.6 is 23.2 Å². The number of piperidine rings is 1. The van der Waals surface area contributed by atoms with Gasteiger partial charge in [0.05, 0.1) is 0 Å². The van der Waals surface area contributed by atoms with E-state index in [2.05, 4.69) is 24.0 Å². The van der Waals surface area contributed by atoms with E-state index in [4.69, 9.17) is 23.2 Å². The maximum absolute atomic E-state index is 6.29. The van der Waals surface area contributed by atoms with E-state index in [1.165, 1.54) is 12.0 Å². The van der Waals surface area contributed by atoms with Gasteiger partial charge in [-0.2, -0.15) is 0 Å². The maximum atomic E-state index is 6.29. The lowest BCUT2D eigenvalue weighted by Crippen LogP contribution is -2.39. The molecule has 0 aromatic heterocycles. The number of halogens is 2. The monoisotopic (exact) mass is 257 g/mol. The van der Waals surface area contributed by atoms with Gasteiger partial charge in [0.2, 0.25) is 0 Å². The fourth-order valence-electron chi connectivity index (χ4n) is 2.08. The van der Waals surface area contributed by atoms with Crippen LogP contribution in [-0.2, 0) is 6.54 Å². The van der Waals surface area contributed by atoms with E-state index in [9.17, 15) is 0 Å². The summed E-state index contributed by atoms with van der Waals surface area (Å²) in [5.41, 5.74) is 1.31. The van der Waals surface area contributed by atoms with Gasteiger partial charge in [-0.25, -0.2) is 0 Å². The van der Waals surface area contributed by atoms with E-state index >= 15 is 0 Å². The Kier molecular flexibility index (Phi) is 4.12. The highest BCUT2D eigenvalue weighted by atomic mass is 35.5. The molecule has 1 nitrogen and oxygen atoms in total. The molecular formula is C13H17Cl2N. The molecule has 2 unspecified atom stereocenters. The molecule has 1 fully saturated rings. The van der Waals surface area contributed by atoms with Gasteiger partial charge in [-0.1, -0.05) is 30.7 Å². The van der Waals surface area contributed by atoms with E-state index < -0.39 is 0 Å². The molecule has 0 spiro atoms. The topological polar surface area (TPSA) is 3.24 Å². The van der Waals surface area contributed by atoms with Crippen molar-refractivity contribution >= 4 is 23.2 Å². The second kappa shape index (κ2) is 5.39. The Balaban J connectivity index is 1.93. The van der Waals surface area contributed by atoms with Gasteiger partial charge in [-0.05, 0) is 36.6 Å². The summed E-state index contributed by atoms with van der Waals surface area (Å²) in [7, 11) is 0. The number of benzene rings is 1. The summed E-state index contributed by atoms with van der Waals surface area (Å²) in [5, 5.41) is 1.09. The van der Waals surface area contributed by atoms with Crippen LogP contribution in [0.25, 0.3) is 0 Å². The first-order valence-electron chi connectivity index (χ1n) is 5.76. The van der Waals surface area contributed by atoms with Crippen molar-refractivity contribution in [3.05, 3.63) is 34.9 Å². The second-order valence-electron chi connectivity index (χ2n) is 4.64. The van der Waals surface area contributed by atoms with Crippen molar-refractivity contribution in [1.29, 1.82) is 0 Å². The molecule has 1 aromatic rings. The normalized spacial score (nSPS) is 26.9. The fourth-order valence-corrected chi connectivity index (χ4v) is 2.52. The molecule has 3 heteroatoms. The molecule has 2 rings (SSSR count). The first-order valence-corrected chi connectivity index (χ1v) is 6.57. The van der Waals surface area contributed by atoms with E-state index in [1.807, 2.05) is 12.1 Å². The minimum atomic E-state index is 0.293. The average molecular weight is 258 g/mol. The Morgan fingerprint density at radius 1 is 1.31 bits per heavy atom. The van der Waals surface area contributed by atoms with Crippen molar-refractivity contribution < 1.29 is 0 Å². The van der Waals surface area contributed by atoms with Crippen LogP contribution in [0.15, 0.2) is 24.3 Å². The van der Waals surface area contributed by atoms with Gasteiger partial charge in [-0.3, -0.25) is 4.90 Å². The minimum Gasteiger partial charge on any atom is -0.298 e. The largest absolute Gasteiger partial charge is 0.298 e. The van der Waals surface area contributed by atoms with Crippen LogP contribution in [0.1, 0.15) is 18.9 Å². The van der Waals surface area contributed by atoms with E-state index in [0.717, 1.165) is 24.7 Å². The first kappa shape index (κ1) is 12.2. The Bertz CT molecular complexity index is 336. The number of nitrogens with zero attached hydrogens (tertiary/aromatic N) is 1. The van der Waals surface area contributed by atoms with Crippen molar-refractivity contribution in [1.82, 2.24) is 4.90 Å². The smallest absolute Gasteiger partial charge is 0.0489 e. The van der Waals surface area contributed by atoms with Crippen LogP contribution in [0.5, 0.6) is 0 Å². The van der Waals surface area contributed by atoms with Gasteiger partial charge >= 0.3 is 0 Å². The molecule has 16 heavy (non-hydrogen) atoms. The molecule has 1 aliphatic heterocycles. The summed E-state index contributed by atoms with van der Waals surface area (Å²) in [6.45, 7) is 5.35. The Labute approximate surface area is 107 Å². The lowest BCUT2D eigenvalue weighted by molar-refractivity contribution is 0.189. The third-order valence-corrected chi connectivity index (χ3v) is 4.09. The minimum absolute atomic E-state index is 0.293. The van der Waals surface area contributed by atoms with Gasteiger partial charge in [-0.15, -0.1) is 11.6 Å². The molecule has 2 atom stereocenters. The number of alkyl halides is 1. The van der Waals surface area contributed by atoms with Gasteiger partial charge in [0.25, 0.3) is 0 Å². The summed E-state index contributed by atoms with van der Waals surface area (Å²) < 4.78 is 0. The van der Waals surface area contributed by atoms with Crippen LogP contribution in [0, 0.1) is 5.92 Å². The van der Waals surface area contributed by atoms with Crippen molar-refractivity contribution in [3.8, 4) is 0 Å². The SMILES string of the molecule is CC1CCN(Cc2ccc(Cl)cc2)CC1Cl. The van der Waals surface area contributed by atoms with Crippen molar-refractivity contribution in [2.24, 2.45) is 5.92 Å². The average Bonchev–Trinajstić information content (AvgIpc) is 2.27. The van der Waals surface area contributed by atoms with Gasteiger partial charge in [0.1, 0.15) is 0 Å². The van der Waals surface area contributed by atoms with Crippen molar-refractivity contribution in [2.45, 2.75) is 25.3 Å². The molecule has 1 aromatic carbocycles. The molecule has 0 amide bonds. The number of hydrogen-bond donors (Lipinski definition) is 0. The molecule has 1 aliphatic rings. The number of likely N-dealkylation sites (tertiary alicyclic amines) is 1. The second-order valence-corrected chi connectivity index (χ2v) is 5.64. The zero-order chi connectivity index (χ0) is 11.5. The summed E-state index contributed by atoms with van der Waals surface area (Å²) >= 11 is 12.2.